The molecule has 3 rings (SSSR count). The second-order valence-electron chi connectivity index (χ2n) is 9.47. The Morgan fingerprint density at radius 2 is 1.68 bits per heavy atom. The van der Waals surface area contributed by atoms with Crippen LogP contribution in [0.2, 0.25) is 0 Å². The number of rotatable bonds is 6. The molecule has 1 aliphatic rings. The zero-order valence-electron chi connectivity index (χ0n) is 19.2. The van der Waals surface area contributed by atoms with Crippen LogP contribution in [0.3, 0.4) is 0 Å². The van der Waals surface area contributed by atoms with E-state index in [1.807, 2.05) is 54.5 Å². The highest BCUT2D eigenvalue weighted by molar-refractivity contribution is 6.62. The van der Waals surface area contributed by atoms with Crippen molar-refractivity contribution in [2.45, 2.75) is 65.3 Å². The third-order valence-electron chi connectivity index (χ3n) is 5.09. The number of pyridine rings is 1. The van der Waals surface area contributed by atoms with Gasteiger partial charge in [-0.3, -0.25) is 0 Å². The Morgan fingerprint density at radius 3 is 2.26 bits per heavy atom. The van der Waals surface area contributed by atoms with E-state index in [0.29, 0.717) is 17.4 Å². The Labute approximate surface area is 184 Å². The molecule has 0 saturated carbocycles. The van der Waals surface area contributed by atoms with Crippen molar-refractivity contribution in [3.63, 3.8) is 0 Å². The number of nitrogens with zero attached hydrogens (tertiary/aromatic N) is 1. The van der Waals surface area contributed by atoms with Crippen molar-refractivity contribution >= 4 is 18.6 Å². The summed E-state index contributed by atoms with van der Waals surface area (Å²) in [5, 5.41) is 0. The average molecular weight is 427 g/mol. The highest BCUT2D eigenvalue weighted by atomic mass is 16.7. The standard InChI is InChI=1S/C23H30BNO6/c1-21(2,3)29-20(26)15-27-17-9-8-10-18(13-17)28-19-12-11-16(14-25-19)24-30-22(4,5)23(6,7)31-24/h8-14H,15H2,1-7H3. The number of hydrogen-bond acceptors (Lipinski definition) is 7. The lowest BCUT2D eigenvalue weighted by atomic mass is 9.80. The van der Waals surface area contributed by atoms with E-state index in [-0.39, 0.29) is 6.61 Å². The molecule has 31 heavy (non-hydrogen) atoms. The smallest absolute Gasteiger partial charge is 0.482 e. The molecule has 1 fully saturated rings. The minimum atomic E-state index is -0.552. The number of aromatic nitrogens is 1. The highest BCUT2D eigenvalue weighted by Crippen LogP contribution is 2.36. The Hall–Kier alpha value is -2.58. The van der Waals surface area contributed by atoms with Gasteiger partial charge in [-0.05, 0) is 60.6 Å². The lowest BCUT2D eigenvalue weighted by molar-refractivity contribution is -0.157. The molecule has 2 heterocycles. The van der Waals surface area contributed by atoms with Crippen LogP contribution >= 0.6 is 0 Å². The number of carbonyl (C=O) groups is 1. The summed E-state index contributed by atoms with van der Waals surface area (Å²) in [6, 6.07) is 10.6. The molecule has 0 unspecified atom stereocenters. The van der Waals surface area contributed by atoms with Crippen LogP contribution in [-0.2, 0) is 18.8 Å². The number of ether oxygens (including phenoxy) is 3. The Morgan fingerprint density at radius 1 is 1.03 bits per heavy atom. The zero-order valence-corrected chi connectivity index (χ0v) is 19.2. The molecule has 0 aliphatic carbocycles. The fourth-order valence-corrected chi connectivity index (χ4v) is 2.83. The molecule has 8 heteroatoms. The maximum absolute atomic E-state index is 11.8. The lowest BCUT2D eigenvalue weighted by Gasteiger charge is -2.32. The van der Waals surface area contributed by atoms with E-state index in [2.05, 4.69) is 4.98 Å². The van der Waals surface area contributed by atoms with Gasteiger partial charge in [0.25, 0.3) is 0 Å². The molecule has 0 N–H and O–H groups in total. The van der Waals surface area contributed by atoms with E-state index in [0.717, 1.165) is 5.46 Å². The van der Waals surface area contributed by atoms with E-state index < -0.39 is 29.9 Å². The molecular weight excluding hydrogens is 397 g/mol. The topological polar surface area (TPSA) is 76.1 Å². The van der Waals surface area contributed by atoms with Crippen LogP contribution < -0.4 is 14.9 Å². The van der Waals surface area contributed by atoms with Gasteiger partial charge in [0, 0.05) is 23.8 Å². The highest BCUT2D eigenvalue weighted by Gasteiger charge is 2.51. The van der Waals surface area contributed by atoms with Crippen molar-refractivity contribution < 1.29 is 28.3 Å². The Kier molecular flexibility index (Phi) is 6.34. The van der Waals surface area contributed by atoms with Gasteiger partial charge in [0.05, 0.1) is 11.2 Å². The van der Waals surface area contributed by atoms with Crippen molar-refractivity contribution in [2.24, 2.45) is 0 Å². The summed E-state index contributed by atoms with van der Waals surface area (Å²) in [7, 11) is -0.476. The van der Waals surface area contributed by atoms with Gasteiger partial charge >= 0.3 is 13.1 Å². The fourth-order valence-electron chi connectivity index (χ4n) is 2.83. The SMILES string of the molecule is CC(C)(C)OC(=O)COc1cccc(Oc2ccc(B3OC(C)(C)C(C)(C)O3)cn2)c1. The number of benzene rings is 1. The lowest BCUT2D eigenvalue weighted by Crippen LogP contribution is -2.41. The molecule has 0 bridgehead atoms. The van der Waals surface area contributed by atoms with Gasteiger partial charge < -0.3 is 23.5 Å². The minimum absolute atomic E-state index is 0.179. The summed E-state index contributed by atoms with van der Waals surface area (Å²) < 4.78 is 28.7. The predicted molar refractivity (Wildman–Crippen MR) is 118 cm³/mol. The van der Waals surface area contributed by atoms with Crippen LogP contribution in [0, 0.1) is 0 Å². The first-order valence-corrected chi connectivity index (χ1v) is 10.3. The minimum Gasteiger partial charge on any atom is -0.482 e. The molecule has 0 atom stereocenters. The first-order valence-electron chi connectivity index (χ1n) is 10.3. The molecule has 1 aromatic carbocycles. The van der Waals surface area contributed by atoms with Gasteiger partial charge in [0.15, 0.2) is 6.61 Å². The maximum atomic E-state index is 11.8. The summed E-state index contributed by atoms with van der Waals surface area (Å²) in [4.78, 5) is 16.2. The van der Waals surface area contributed by atoms with E-state index in [4.69, 9.17) is 23.5 Å². The molecule has 166 valence electrons. The quantitative estimate of drug-likeness (QED) is 0.511. The average Bonchev–Trinajstić information content (AvgIpc) is 2.87. The van der Waals surface area contributed by atoms with Crippen molar-refractivity contribution in [2.75, 3.05) is 6.61 Å². The summed E-state index contributed by atoms with van der Waals surface area (Å²) in [6.45, 7) is 13.3. The number of hydrogen-bond donors (Lipinski definition) is 0. The normalized spacial score (nSPS) is 17.3. The van der Waals surface area contributed by atoms with Crippen LogP contribution in [0.4, 0.5) is 0 Å². The Bertz CT molecular complexity index is 904. The number of carbonyl (C=O) groups excluding carboxylic acids is 1. The van der Waals surface area contributed by atoms with Gasteiger partial charge in [0.2, 0.25) is 5.88 Å². The molecule has 0 spiro atoms. The number of esters is 1. The van der Waals surface area contributed by atoms with Crippen molar-refractivity contribution in [1.29, 1.82) is 0 Å². The molecule has 1 saturated heterocycles. The molecule has 1 aromatic heterocycles. The van der Waals surface area contributed by atoms with E-state index in [1.165, 1.54) is 0 Å². The molecule has 2 aromatic rings. The monoisotopic (exact) mass is 427 g/mol. The third kappa shape index (κ3) is 5.99. The van der Waals surface area contributed by atoms with Crippen LogP contribution in [0.25, 0.3) is 0 Å². The molecular formula is C23H30BNO6. The maximum Gasteiger partial charge on any atom is 0.496 e. The summed E-state index contributed by atoms with van der Waals surface area (Å²) >= 11 is 0. The Balaban J connectivity index is 1.59. The van der Waals surface area contributed by atoms with Gasteiger partial charge in [-0.2, -0.15) is 0 Å². The fraction of sp³-hybridized carbons (Fsp3) is 0.478. The first kappa shape index (κ1) is 23.1. The van der Waals surface area contributed by atoms with E-state index >= 15 is 0 Å². The van der Waals surface area contributed by atoms with Gasteiger partial charge in [-0.1, -0.05) is 12.1 Å². The van der Waals surface area contributed by atoms with Crippen molar-refractivity contribution in [3.8, 4) is 17.4 Å². The van der Waals surface area contributed by atoms with Crippen LogP contribution in [0.1, 0.15) is 48.5 Å². The van der Waals surface area contributed by atoms with Gasteiger partial charge in [-0.25, -0.2) is 9.78 Å². The van der Waals surface area contributed by atoms with E-state index in [9.17, 15) is 4.79 Å². The molecule has 1 aliphatic heterocycles. The van der Waals surface area contributed by atoms with Gasteiger partial charge in [0.1, 0.15) is 17.1 Å². The van der Waals surface area contributed by atoms with E-state index in [1.54, 1.807) is 36.5 Å². The predicted octanol–water partition coefficient (Wildman–Crippen LogP) is 3.89. The molecule has 0 radical (unpaired) electrons. The third-order valence-corrected chi connectivity index (χ3v) is 5.09. The largest absolute Gasteiger partial charge is 0.496 e. The van der Waals surface area contributed by atoms with Crippen LogP contribution in [0.5, 0.6) is 17.4 Å². The summed E-state index contributed by atoms with van der Waals surface area (Å²) in [6.07, 6.45) is 1.68. The molecule has 0 amide bonds. The van der Waals surface area contributed by atoms with Crippen LogP contribution in [0.15, 0.2) is 42.6 Å². The summed E-state index contributed by atoms with van der Waals surface area (Å²) in [5.41, 5.74) is -0.553. The first-order chi connectivity index (χ1) is 14.3. The van der Waals surface area contributed by atoms with Crippen LogP contribution in [-0.4, -0.2) is 41.5 Å². The second kappa shape index (κ2) is 8.51. The molecule has 7 nitrogen and oxygen atoms in total. The second-order valence-corrected chi connectivity index (χ2v) is 9.47. The summed E-state index contributed by atoms with van der Waals surface area (Å²) in [5.74, 6) is 1.03. The van der Waals surface area contributed by atoms with Crippen molar-refractivity contribution in [3.05, 3.63) is 42.6 Å². The van der Waals surface area contributed by atoms with Gasteiger partial charge in [-0.15, -0.1) is 0 Å². The zero-order chi connectivity index (χ0) is 22.9. The van der Waals surface area contributed by atoms with Crippen molar-refractivity contribution in [1.82, 2.24) is 4.98 Å².